The van der Waals surface area contributed by atoms with Gasteiger partial charge in [-0.3, -0.25) is 9.78 Å². The number of carbonyl (C=O) groups excluding carboxylic acids is 1. The molecular weight excluding hydrogens is 434 g/mol. The first kappa shape index (κ1) is 24.0. The maximum Gasteiger partial charge on any atom is 0.307 e. The predicted octanol–water partition coefficient (Wildman–Crippen LogP) is 7.50. The minimum Gasteiger partial charge on any atom is -0.457 e. The number of benzene rings is 3. The highest BCUT2D eigenvalue weighted by atomic mass is 16.6. The Morgan fingerprint density at radius 1 is 0.829 bits per heavy atom. The molecule has 3 aromatic carbocycles. The van der Waals surface area contributed by atoms with Gasteiger partial charge in [0.1, 0.15) is 5.75 Å². The zero-order valence-corrected chi connectivity index (χ0v) is 20.0. The number of hydrogen-bond acceptors (Lipinski definition) is 4. The van der Waals surface area contributed by atoms with Gasteiger partial charge in [-0.2, -0.15) is 0 Å². The number of aromatic nitrogens is 1. The van der Waals surface area contributed by atoms with Crippen LogP contribution in [-0.2, 0) is 9.53 Å². The van der Waals surface area contributed by atoms with Crippen molar-refractivity contribution in [3.63, 3.8) is 0 Å². The smallest absolute Gasteiger partial charge is 0.307 e. The van der Waals surface area contributed by atoms with Crippen LogP contribution in [0.1, 0.15) is 37.5 Å². The molecule has 1 atom stereocenters. The van der Waals surface area contributed by atoms with Crippen LogP contribution >= 0.6 is 0 Å². The lowest BCUT2D eigenvalue weighted by Gasteiger charge is -2.22. The van der Waals surface area contributed by atoms with Gasteiger partial charge in [-0.15, -0.1) is 0 Å². The van der Waals surface area contributed by atoms with Crippen LogP contribution < -0.4 is 4.74 Å². The zero-order chi connectivity index (χ0) is 24.5. The van der Waals surface area contributed by atoms with Gasteiger partial charge in [0.2, 0.25) is 0 Å². The second-order valence-electron chi connectivity index (χ2n) is 8.70. The van der Waals surface area contributed by atoms with E-state index < -0.39 is 6.10 Å². The van der Waals surface area contributed by atoms with Gasteiger partial charge in [0.15, 0.2) is 11.9 Å². The predicted molar refractivity (Wildman–Crippen MR) is 139 cm³/mol. The quantitative estimate of drug-likeness (QED) is 0.190. The van der Waals surface area contributed by atoms with E-state index in [1.807, 2.05) is 105 Å². The van der Waals surface area contributed by atoms with Crippen molar-refractivity contribution in [2.24, 2.45) is 5.92 Å². The molecule has 4 heteroatoms. The molecule has 0 spiro atoms. The Balaban J connectivity index is 1.69. The minimum atomic E-state index is -0.698. The molecule has 0 aliphatic rings. The number of nitrogens with zero attached hydrogens (tertiary/aromatic N) is 1. The molecule has 0 amide bonds. The van der Waals surface area contributed by atoms with Gasteiger partial charge in [-0.25, -0.2) is 0 Å². The van der Waals surface area contributed by atoms with Gasteiger partial charge in [0.05, 0.1) is 0 Å². The molecule has 4 aromatic rings. The number of carbonyl (C=O) groups is 1. The fraction of sp³-hybridized carbons (Fsp3) is 0.161. The average molecular weight is 464 g/mol. The number of pyridine rings is 1. The lowest BCUT2D eigenvalue weighted by molar-refractivity contribution is -0.149. The van der Waals surface area contributed by atoms with Crippen LogP contribution in [0, 0.1) is 5.92 Å². The molecule has 35 heavy (non-hydrogen) atoms. The van der Waals surface area contributed by atoms with Gasteiger partial charge >= 0.3 is 5.97 Å². The van der Waals surface area contributed by atoms with Crippen molar-refractivity contribution in [2.75, 3.05) is 0 Å². The number of rotatable bonds is 9. The van der Waals surface area contributed by atoms with Crippen molar-refractivity contribution >= 4 is 12.0 Å². The molecule has 0 aliphatic heterocycles. The first-order valence-corrected chi connectivity index (χ1v) is 11.8. The molecule has 176 valence electrons. The molecule has 0 bridgehead atoms. The summed E-state index contributed by atoms with van der Waals surface area (Å²) in [6, 6.07) is 31.5. The fourth-order valence-electron chi connectivity index (χ4n) is 3.70. The van der Waals surface area contributed by atoms with Crippen molar-refractivity contribution in [1.29, 1.82) is 0 Å². The molecule has 0 radical (unpaired) electrons. The van der Waals surface area contributed by atoms with Crippen LogP contribution in [0.5, 0.6) is 5.75 Å². The SMILES string of the molecule is CC(C)CC(=O)OC(C(=Cc1cccnc1)Oc1ccc(-c2ccccc2)cc1)c1ccccc1. The van der Waals surface area contributed by atoms with Crippen molar-refractivity contribution in [3.8, 4) is 16.9 Å². The van der Waals surface area contributed by atoms with Crippen LogP contribution in [0.3, 0.4) is 0 Å². The number of hydrogen-bond donors (Lipinski definition) is 0. The Hall–Kier alpha value is -4.18. The molecule has 0 N–H and O–H groups in total. The molecule has 4 rings (SSSR count). The van der Waals surface area contributed by atoms with Crippen LogP contribution in [0.4, 0.5) is 0 Å². The summed E-state index contributed by atoms with van der Waals surface area (Å²) in [5.74, 6) is 1.08. The van der Waals surface area contributed by atoms with E-state index in [0.29, 0.717) is 17.9 Å². The lowest BCUT2D eigenvalue weighted by atomic mass is 10.0. The van der Waals surface area contributed by atoms with E-state index in [0.717, 1.165) is 22.3 Å². The Labute approximate surface area is 206 Å². The lowest BCUT2D eigenvalue weighted by Crippen LogP contribution is -2.18. The third-order valence-corrected chi connectivity index (χ3v) is 5.38. The largest absolute Gasteiger partial charge is 0.457 e. The first-order valence-electron chi connectivity index (χ1n) is 11.8. The van der Waals surface area contributed by atoms with Crippen molar-refractivity contribution in [1.82, 2.24) is 4.98 Å². The van der Waals surface area contributed by atoms with E-state index in [1.165, 1.54) is 0 Å². The van der Waals surface area contributed by atoms with E-state index in [1.54, 1.807) is 12.4 Å². The average Bonchev–Trinajstić information content (AvgIpc) is 2.89. The van der Waals surface area contributed by atoms with Crippen LogP contribution in [0.15, 0.2) is 115 Å². The summed E-state index contributed by atoms with van der Waals surface area (Å²) in [5, 5.41) is 0. The Morgan fingerprint density at radius 2 is 1.49 bits per heavy atom. The third kappa shape index (κ3) is 6.90. The molecule has 1 unspecified atom stereocenters. The highest BCUT2D eigenvalue weighted by Crippen LogP contribution is 2.32. The molecule has 0 fully saturated rings. The minimum absolute atomic E-state index is 0.191. The van der Waals surface area contributed by atoms with Crippen molar-refractivity contribution in [3.05, 3.63) is 126 Å². The maximum atomic E-state index is 12.7. The Bertz CT molecular complexity index is 1230. The summed E-state index contributed by atoms with van der Waals surface area (Å²) in [5.41, 5.74) is 3.92. The van der Waals surface area contributed by atoms with Crippen LogP contribution in [-0.4, -0.2) is 11.0 Å². The molecule has 0 saturated carbocycles. The summed E-state index contributed by atoms with van der Waals surface area (Å²) in [6.07, 6.45) is 4.97. The Morgan fingerprint density at radius 3 is 2.11 bits per heavy atom. The molecule has 4 nitrogen and oxygen atoms in total. The molecular formula is C31H29NO3. The first-order chi connectivity index (χ1) is 17.1. The molecule has 0 saturated heterocycles. The number of esters is 1. The summed E-state index contributed by atoms with van der Waals surface area (Å²) >= 11 is 0. The highest BCUT2D eigenvalue weighted by Gasteiger charge is 2.24. The van der Waals surface area contributed by atoms with Crippen molar-refractivity contribution < 1.29 is 14.3 Å². The van der Waals surface area contributed by atoms with E-state index in [2.05, 4.69) is 17.1 Å². The molecule has 1 aromatic heterocycles. The van der Waals surface area contributed by atoms with E-state index in [9.17, 15) is 4.79 Å². The third-order valence-electron chi connectivity index (χ3n) is 5.38. The number of ether oxygens (including phenoxy) is 2. The monoisotopic (exact) mass is 463 g/mol. The summed E-state index contributed by atoms with van der Waals surface area (Å²) < 4.78 is 12.4. The topological polar surface area (TPSA) is 48.4 Å². The molecule has 1 heterocycles. The van der Waals surface area contributed by atoms with Gasteiger partial charge in [-0.1, -0.05) is 92.7 Å². The summed E-state index contributed by atoms with van der Waals surface area (Å²) in [7, 11) is 0. The van der Waals surface area contributed by atoms with E-state index in [-0.39, 0.29) is 11.9 Å². The van der Waals surface area contributed by atoms with Crippen LogP contribution in [0.25, 0.3) is 17.2 Å². The van der Waals surface area contributed by atoms with Gasteiger partial charge in [0, 0.05) is 24.4 Å². The summed E-state index contributed by atoms with van der Waals surface area (Å²) in [6.45, 7) is 3.99. The summed E-state index contributed by atoms with van der Waals surface area (Å²) in [4.78, 5) is 16.9. The molecule has 0 aliphatic carbocycles. The van der Waals surface area contributed by atoms with Gasteiger partial charge in [-0.05, 0) is 46.9 Å². The highest BCUT2D eigenvalue weighted by molar-refractivity contribution is 5.70. The van der Waals surface area contributed by atoms with E-state index >= 15 is 0 Å². The van der Waals surface area contributed by atoms with E-state index in [4.69, 9.17) is 9.47 Å². The normalized spacial score (nSPS) is 12.3. The Kier molecular flexibility index (Phi) is 8.08. The van der Waals surface area contributed by atoms with Gasteiger partial charge < -0.3 is 9.47 Å². The second-order valence-corrected chi connectivity index (χ2v) is 8.70. The fourth-order valence-corrected chi connectivity index (χ4v) is 3.70. The zero-order valence-electron chi connectivity index (χ0n) is 20.0. The standard InChI is InChI=1S/C31H29NO3/c1-23(2)20-30(33)35-31(27-13-7-4-8-14-27)29(21-24-10-9-19-32-22-24)34-28-17-15-26(16-18-28)25-11-5-3-6-12-25/h3-19,21-23,31H,20H2,1-2H3. The maximum absolute atomic E-state index is 12.7. The van der Waals surface area contributed by atoms with Crippen molar-refractivity contribution in [2.45, 2.75) is 26.4 Å². The van der Waals surface area contributed by atoms with Gasteiger partial charge in [0.25, 0.3) is 0 Å². The second kappa shape index (κ2) is 11.8. The van der Waals surface area contributed by atoms with Crippen LogP contribution in [0.2, 0.25) is 0 Å².